The molecule has 0 radical (unpaired) electrons. The maximum Gasteiger partial charge on any atom is 0.289 e. The van der Waals surface area contributed by atoms with Crippen LogP contribution in [0.15, 0.2) is 6.33 Å². The Morgan fingerprint density at radius 2 is 2.21 bits per heavy atom. The Bertz CT molecular complexity index is 424. The molecule has 2 rings (SSSR count). The number of carbonyl (C=O) groups excluding carboxylic acids is 2. The lowest BCUT2D eigenvalue weighted by atomic mass is 10.0. The number of aromatic amines is 1. The van der Waals surface area contributed by atoms with E-state index < -0.39 is 0 Å². The Morgan fingerprint density at radius 3 is 2.79 bits per heavy atom. The summed E-state index contributed by atoms with van der Waals surface area (Å²) in [4.78, 5) is 27.9. The van der Waals surface area contributed by atoms with Crippen molar-refractivity contribution >= 4 is 11.8 Å². The van der Waals surface area contributed by atoms with Gasteiger partial charge in [0.2, 0.25) is 11.7 Å². The molecule has 1 fully saturated rings. The van der Waals surface area contributed by atoms with Crippen molar-refractivity contribution in [3.8, 4) is 0 Å². The Balaban J connectivity index is 1.77. The number of rotatable bonds is 4. The molecule has 104 valence electrons. The fourth-order valence-corrected chi connectivity index (χ4v) is 2.13. The van der Waals surface area contributed by atoms with Gasteiger partial charge < -0.3 is 20.9 Å². The van der Waals surface area contributed by atoms with E-state index in [1.54, 1.807) is 4.90 Å². The van der Waals surface area contributed by atoms with Crippen LogP contribution in [0.3, 0.4) is 0 Å². The van der Waals surface area contributed by atoms with Crippen LogP contribution in [0.4, 0.5) is 0 Å². The van der Waals surface area contributed by atoms with E-state index >= 15 is 0 Å². The van der Waals surface area contributed by atoms with E-state index in [2.05, 4.69) is 20.5 Å². The van der Waals surface area contributed by atoms with Gasteiger partial charge in [0.15, 0.2) is 0 Å². The van der Waals surface area contributed by atoms with E-state index in [-0.39, 0.29) is 23.7 Å². The maximum atomic E-state index is 11.7. The highest BCUT2D eigenvalue weighted by atomic mass is 16.2. The van der Waals surface area contributed by atoms with Crippen molar-refractivity contribution in [3.63, 3.8) is 0 Å². The van der Waals surface area contributed by atoms with Crippen molar-refractivity contribution in [2.45, 2.75) is 25.3 Å². The van der Waals surface area contributed by atoms with Gasteiger partial charge in [0.1, 0.15) is 6.33 Å². The molecule has 1 aliphatic rings. The molecule has 2 heterocycles. The monoisotopic (exact) mass is 266 g/mol. The van der Waals surface area contributed by atoms with Gasteiger partial charge in [-0.1, -0.05) is 0 Å². The van der Waals surface area contributed by atoms with Crippen LogP contribution in [0, 0.1) is 0 Å². The van der Waals surface area contributed by atoms with Gasteiger partial charge in [-0.15, -0.1) is 10.2 Å². The van der Waals surface area contributed by atoms with Gasteiger partial charge in [-0.3, -0.25) is 9.59 Å². The molecular formula is C11H18N6O2. The molecule has 0 atom stereocenters. The third-order valence-corrected chi connectivity index (χ3v) is 3.17. The van der Waals surface area contributed by atoms with E-state index in [9.17, 15) is 9.59 Å². The Labute approximate surface area is 110 Å². The quantitative estimate of drug-likeness (QED) is 0.637. The van der Waals surface area contributed by atoms with E-state index in [1.807, 2.05) is 0 Å². The number of carbonyl (C=O) groups is 2. The SMILES string of the molecule is NCCC(=O)N1CCC(NC(=O)c2nnc[nH]2)CC1. The van der Waals surface area contributed by atoms with Crippen molar-refractivity contribution in [2.75, 3.05) is 19.6 Å². The van der Waals surface area contributed by atoms with Gasteiger partial charge in [0.05, 0.1) is 0 Å². The molecule has 1 aliphatic heterocycles. The highest BCUT2D eigenvalue weighted by molar-refractivity contribution is 5.90. The second-order valence-electron chi connectivity index (χ2n) is 4.50. The van der Waals surface area contributed by atoms with Gasteiger partial charge in [-0.2, -0.15) is 0 Å². The summed E-state index contributed by atoms with van der Waals surface area (Å²) >= 11 is 0. The molecule has 0 aromatic carbocycles. The summed E-state index contributed by atoms with van der Waals surface area (Å²) < 4.78 is 0. The summed E-state index contributed by atoms with van der Waals surface area (Å²) in [6.45, 7) is 1.68. The van der Waals surface area contributed by atoms with Crippen LogP contribution in [0.2, 0.25) is 0 Å². The predicted octanol–water partition coefficient (Wildman–Crippen LogP) is -1.13. The number of nitrogens with one attached hydrogen (secondary N) is 2. The minimum absolute atomic E-state index is 0.0690. The molecule has 4 N–H and O–H groups in total. The molecular weight excluding hydrogens is 248 g/mol. The summed E-state index contributed by atoms with van der Waals surface area (Å²) in [5.74, 6) is 0.0355. The zero-order valence-corrected chi connectivity index (χ0v) is 10.6. The molecule has 1 saturated heterocycles. The van der Waals surface area contributed by atoms with Gasteiger partial charge >= 0.3 is 0 Å². The van der Waals surface area contributed by atoms with Gasteiger partial charge in [0, 0.05) is 32.1 Å². The number of nitrogens with zero attached hydrogens (tertiary/aromatic N) is 3. The van der Waals surface area contributed by atoms with E-state index in [0.29, 0.717) is 26.1 Å². The van der Waals surface area contributed by atoms with E-state index in [1.165, 1.54) is 6.33 Å². The molecule has 8 nitrogen and oxygen atoms in total. The molecule has 0 saturated carbocycles. The number of aromatic nitrogens is 3. The van der Waals surface area contributed by atoms with Crippen LogP contribution >= 0.6 is 0 Å². The molecule has 0 unspecified atom stereocenters. The third-order valence-electron chi connectivity index (χ3n) is 3.17. The van der Waals surface area contributed by atoms with Crippen molar-refractivity contribution < 1.29 is 9.59 Å². The lowest BCUT2D eigenvalue weighted by Crippen LogP contribution is -2.47. The summed E-state index contributed by atoms with van der Waals surface area (Å²) in [5.41, 5.74) is 5.36. The van der Waals surface area contributed by atoms with Crippen LogP contribution in [-0.2, 0) is 4.79 Å². The van der Waals surface area contributed by atoms with E-state index in [0.717, 1.165) is 12.8 Å². The van der Waals surface area contributed by atoms with E-state index in [4.69, 9.17) is 5.73 Å². The van der Waals surface area contributed by atoms with Gasteiger partial charge in [0.25, 0.3) is 5.91 Å². The first-order valence-corrected chi connectivity index (χ1v) is 6.35. The summed E-state index contributed by atoms with van der Waals surface area (Å²) in [6, 6.07) is 0.0690. The largest absolute Gasteiger partial charge is 0.346 e. The van der Waals surface area contributed by atoms with Gasteiger partial charge in [-0.05, 0) is 12.8 Å². The highest BCUT2D eigenvalue weighted by Gasteiger charge is 2.24. The fourth-order valence-electron chi connectivity index (χ4n) is 2.13. The first-order valence-electron chi connectivity index (χ1n) is 6.35. The van der Waals surface area contributed by atoms with Crippen molar-refractivity contribution in [2.24, 2.45) is 5.73 Å². The first kappa shape index (κ1) is 13.5. The summed E-state index contributed by atoms with van der Waals surface area (Å²) in [7, 11) is 0. The minimum Gasteiger partial charge on any atom is -0.346 e. The minimum atomic E-state index is -0.260. The number of nitrogens with two attached hydrogens (primary N) is 1. The maximum absolute atomic E-state index is 11.7. The van der Waals surface area contributed by atoms with Crippen LogP contribution in [0.5, 0.6) is 0 Å². The molecule has 0 spiro atoms. The Kier molecular flexibility index (Phi) is 4.45. The topological polar surface area (TPSA) is 117 Å². The number of likely N-dealkylation sites (tertiary alicyclic amines) is 1. The second kappa shape index (κ2) is 6.28. The molecule has 19 heavy (non-hydrogen) atoms. The van der Waals surface area contributed by atoms with Crippen LogP contribution in [0.25, 0.3) is 0 Å². The molecule has 0 aliphatic carbocycles. The van der Waals surface area contributed by atoms with Crippen molar-refractivity contribution in [3.05, 3.63) is 12.2 Å². The third kappa shape index (κ3) is 3.50. The lowest BCUT2D eigenvalue weighted by Gasteiger charge is -2.32. The lowest BCUT2D eigenvalue weighted by molar-refractivity contribution is -0.132. The molecule has 1 aromatic heterocycles. The average Bonchev–Trinajstić information content (AvgIpc) is 2.94. The van der Waals surface area contributed by atoms with Crippen molar-refractivity contribution in [1.82, 2.24) is 25.4 Å². The molecule has 1 aromatic rings. The standard InChI is InChI=1S/C11H18N6O2/c12-4-1-9(18)17-5-2-8(3-6-17)15-11(19)10-13-7-14-16-10/h7-8H,1-6,12H2,(H,15,19)(H,13,14,16). The zero-order chi connectivity index (χ0) is 13.7. The highest BCUT2D eigenvalue weighted by Crippen LogP contribution is 2.11. The predicted molar refractivity (Wildman–Crippen MR) is 67.1 cm³/mol. The summed E-state index contributed by atoms with van der Waals surface area (Å²) in [5, 5.41) is 10.1. The number of H-pyrrole nitrogens is 1. The Morgan fingerprint density at radius 1 is 1.47 bits per heavy atom. The molecule has 2 amide bonds. The van der Waals surface area contributed by atoms with Crippen LogP contribution in [0.1, 0.15) is 29.9 Å². The molecule has 8 heteroatoms. The second-order valence-corrected chi connectivity index (χ2v) is 4.50. The number of hydrogen-bond acceptors (Lipinski definition) is 5. The summed E-state index contributed by atoms with van der Waals surface area (Å²) in [6.07, 6.45) is 3.24. The van der Waals surface area contributed by atoms with Crippen LogP contribution < -0.4 is 11.1 Å². The number of piperidine rings is 1. The Hall–Kier alpha value is -1.96. The number of amides is 2. The number of hydrogen-bond donors (Lipinski definition) is 3. The smallest absolute Gasteiger partial charge is 0.289 e. The van der Waals surface area contributed by atoms with Crippen molar-refractivity contribution in [1.29, 1.82) is 0 Å². The van der Waals surface area contributed by atoms with Gasteiger partial charge in [-0.25, -0.2) is 0 Å². The van der Waals surface area contributed by atoms with Crippen LogP contribution in [-0.4, -0.2) is 57.6 Å². The zero-order valence-electron chi connectivity index (χ0n) is 10.6. The normalized spacial score (nSPS) is 16.4. The molecule has 0 bridgehead atoms. The first-order chi connectivity index (χ1) is 9.20. The average molecular weight is 266 g/mol. The fraction of sp³-hybridized carbons (Fsp3) is 0.636.